The molecule has 26 heavy (non-hydrogen) atoms. The highest BCUT2D eigenvalue weighted by atomic mass is 35.5. The number of aromatic nitrogens is 1. The van der Waals surface area contributed by atoms with Crippen molar-refractivity contribution in [2.24, 2.45) is 0 Å². The summed E-state index contributed by atoms with van der Waals surface area (Å²) in [6, 6.07) is 15.9. The van der Waals surface area contributed by atoms with Crippen LogP contribution in [0.15, 0.2) is 60.0 Å². The van der Waals surface area contributed by atoms with Gasteiger partial charge in [0.2, 0.25) is 0 Å². The van der Waals surface area contributed by atoms with Crippen molar-refractivity contribution >= 4 is 39.9 Å². The van der Waals surface area contributed by atoms with Crippen LogP contribution in [0, 0.1) is 0 Å². The Hall–Kier alpha value is -2.70. The Labute approximate surface area is 159 Å². The average molecular weight is 387 g/mol. The van der Waals surface area contributed by atoms with Crippen LogP contribution in [0.5, 0.6) is 0 Å². The van der Waals surface area contributed by atoms with Crippen LogP contribution in [0.25, 0.3) is 11.3 Å². The second kappa shape index (κ2) is 8.12. The lowest BCUT2D eigenvalue weighted by atomic mass is 10.2. The number of halogens is 1. The minimum absolute atomic E-state index is 0.328. The summed E-state index contributed by atoms with van der Waals surface area (Å²) < 4.78 is 5.18. The molecule has 1 atom stereocenters. The third-order valence-corrected chi connectivity index (χ3v) is 4.55. The van der Waals surface area contributed by atoms with Gasteiger partial charge in [-0.05, 0) is 31.2 Å². The second-order valence-corrected chi connectivity index (χ2v) is 6.74. The third-order valence-electron chi connectivity index (χ3n) is 3.54. The minimum atomic E-state index is -0.956. The first-order valence-electron chi connectivity index (χ1n) is 7.81. The molecule has 7 heteroatoms. The van der Waals surface area contributed by atoms with E-state index in [1.54, 1.807) is 24.3 Å². The molecule has 3 rings (SSSR count). The zero-order valence-electron chi connectivity index (χ0n) is 13.8. The van der Waals surface area contributed by atoms with Crippen LogP contribution in [0.2, 0.25) is 5.02 Å². The summed E-state index contributed by atoms with van der Waals surface area (Å²) in [6.07, 6.45) is -0.956. The normalized spacial score (nSPS) is 11.6. The van der Waals surface area contributed by atoms with Crippen molar-refractivity contribution in [3.05, 3.63) is 70.6 Å². The topological polar surface area (TPSA) is 68.3 Å². The van der Waals surface area contributed by atoms with Gasteiger partial charge in [0.25, 0.3) is 5.91 Å². The van der Waals surface area contributed by atoms with E-state index in [4.69, 9.17) is 16.3 Å². The van der Waals surface area contributed by atoms with Crippen molar-refractivity contribution in [1.29, 1.82) is 0 Å². The van der Waals surface area contributed by atoms with Gasteiger partial charge in [-0.3, -0.25) is 10.1 Å². The van der Waals surface area contributed by atoms with Gasteiger partial charge in [-0.2, -0.15) is 0 Å². The minimum Gasteiger partial charge on any atom is -0.449 e. The van der Waals surface area contributed by atoms with Crippen molar-refractivity contribution in [1.82, 2.24) is 4.98 Å². The van der Waals surface area contributed by atoms with Gasteiger partial charge in [0.05, 0.1) is 11.3 Å². The number of nitrogens with one attached hydrogen (secondary N) is 1. The fraction of sp³-hybridized carbons (Fsp3) is 0.105. The highest BCUT2D eigenvalue weighted by molar-refractivity contribution is 7.14. The number of rotatable bonds is 5. The molecule has 0 aliphatic rings. The van der Waals surface area contributed by atoms with Crippen molar-refractivity contribution in [3.63, 3.8) is 0 Å². The van der Waals surface area contributed by atoms with Crippen molar-refractivity contribution in [3.8, 4) is 11.3 Å². The summed E-state index contributed by atoms with van der Waals surface area (Å²) in [7, 11) is 0. The van der Waals surface area contributed by atoms with E-state index in [0.29, 0.717) is 15.7 Å². The number of nitrogens with zero attached hydrogens (tertiary/aromatic N) is 1. The molecule has 2 aromatic carbocycles. The van der Waals surface area contributed by atoms with Crippen LogP contribution < -0.4 is 5.32 Å². The zero-order chi connectivity index (χ0) is 18.5. The predicted molar refractivity (Wildman–Crippen MR) is 103 cm³/mol. The van der Waals surface area contributed by atoms with Gasteiger partial charge in [-0.1, -0.05) is 41.9 Å². The summed E-state index contributed by atoms with van der Waals surface area (Å²) in [5.74, 6) is -1.03. The van der Waals surface area contributed by atoms with Crippen LogP contribution >= 0.6 is 22.9 Å². The SMILES string of the molecule is C[C@H](OC(=O)c1ccc(Cl)cc1)C(=O)Nc1nc(-c2ccccc2)cs1. The van der Waals surface area contributed by atoms with E-state index < -0.39 is 18.0 Å². The van der Waals surface area contributed by atoms with E-state index in [-0.39, 0.29) is 0 Å². The number of benzene rings is 2. The molecule has 3 aromatic rings. The van der Waals surface area contributed by atoms with Gasteiger partial charge < -0.3 is 4.74 Å². The Morgan fingerprint density at radius 3 is 2.50 bits per heavy atom. The van der Waals surface area contributed by atoms with Crippen molar-refractivity contribution in [2.45, 2.75) is 13.0 Å². The summed E-state index contributed by atoms with van der Waals surface area (Å²) in [4.78, 5) is 28.7. The number of amides is 1. The molecule has 132 valence electrons. The molecule has 1 amide bonds. The number of hydrogen-bond acceptors (Lipinski definition) is 5. The van der Waals surface area contributed by atoms with Gasteiger partial charge in [0.15, 0.2) is 11.2 Å². The lowest BCUT2D eigenvalue weighted by Crippen LogP contribution is -2.29. The van der Waals surface area contributed by atoms with E-state index in [0.717, 1.165) is 11.3 Å². The largest absolute Gasteiger partial charge is 0.449 e. The van der Waals surface area contributed by atoms with Crippen LogP contribution in [-0.4, -0.2) is 23.0 Å². The maximum absolute atomic E-state index is 12.2. The first-order valence-corrected chi connectivity index (χ1v) is 9.07. The molecule has 1 aromatic heterocycles. The maximum Gasteiger partial charge on any atom is 0.338 e. The Bertz CT molecular complexity index is 910. The summed E-state index contributed by atoms with van der Waals surface area (Å²) in [5.41, 5.74) is 2.07. The molecule has 0 fully saturated rings. The first-order chi connectivity index (χ1) is 12.5. The predicted octanol–water partition coefficient (Wildman–Crippen LogP) is 4.65. The Kier molecular flexibility index (Phi) is 5.65. The van der Waals surface area contributed by atoms with Crippen LogP contribution in [0.3, 0.4) is 0 Å². The second-order valence-electron chi connectivity index (χ2n) is 5.45. The average Bonchev–Trinajstić information content (AvgIpc) is 3.11. The molecule has 0 bridgehead atoms. The maximum atomic E-state index is 12.2. The Balaban J connectivity index is 1.60. The van der Waals surface area contributed by atoms with Gasteiger partial charge in [-0.15, -0.1) is 11.3 Å². The molecule has 0 saturated heterocycles. The van der Waals surface area contributed by atoms with E-state index in [2.05, 4.69) is 10.3 Å². The summed E-state index contributed by atoms with van der Waals surface area (Å²) >= 11 is 7.10. The lowest BCUT2D eigenvalue weighted by molar-refractivity contribution is -0.123. The molecule has 5 nitrogen and oxygen atoms in total. The smallest absolute Gasteiger partial charge is 0.338 e. The number of esters is 1. The van der Waals surface area contributed by atoms with Crippen molar-refractivity contribution < 1.29 is 14.3 Å². The molecule has 0 aliphatic heterocycles. The molecule has 0 unspecified atom stereocenters. The van der Waals surface area contributed by atoms with Gasteiger partial charge in [0, 0.05) is 16.0 Å². The fourth-order valence-electron chi connectivity index (χ4n) is 2.15. The molecule has 0 radical (unpaired) electrons. The number of anilines is 1. The molecule has 0 spiro atoms. The monoisotopic (exact) mass is 386 g/mol. The van der Waals surface area contributed by atoms with E-state index in [1.165, 1.54) is 18.3 Å². The standard InChI is InChI=1S/C19H15ClN2O3S/c1-12(25-18(24)14-7-9-15(20)10-8-14)17(23)22-19-21-16(11-26-19)13-5-3-2-4-6-13/h2-12H,1H3,(H,21,22,23)/t12-/m0/s1. The molecule has 1 N–H and O–H groups in total. The molecule has 0 saturated carbocycles. The van der Waals surface area contributed by atoms with Crippen LogP contribution in [-0.2, 0) is 9.53 Å². The van der Waals surface area contributed by atoms with Crippen molar-refractivity contribution in [2.75, 3.05) is 5.32 Å². The first kappa shape index (κ1) is 18.1. The zero-order valence-corrected chi connectivity index (χ0v) is 15.4. The summed E-state index contributed by atoms with van der Waals surface area (Å²) in [5, 5.41) is 5.49. The fourth-order valence-corrected chi connectivity index (χ4v) is 3.00. The number of carbonyl (C=O) groups is 2. The number of hydrogen-bond donors (Lipinski definition) is 1. The summed E-state index contributed by atoms with van der Waals surface area (Å²) in [6.45, 7) is 1.51. The third kappa shape index (κ3) is 4.47. The number of thiazole rings is 1. The number of carbonyl (C=O) groups excluding carboxylic acids is 2. The highest BCUT2D eigenvalue weighted by Gasteiger charge is 2.20. The lowest BCUT2D eigenvalue weighted by Gasteiger charge is -2.12. The van der Waals surface area contributed by atoms with Gasteiger partial charge >= 0.3 is 5.97 Å². The van der Waals surface area contributed by atoms with E-state index in [9.17, 15) is 9.59 Å². The highest BCUT2D eigenvalue weighted by Crippen LogP contribution is 2.24. The Morgan fingerprint density at radius 2 is 1.81 bits per heavy atom. The van der Waals surface area contributed by atoms with E-state index in [1.807, 2.05) is 35.7 Å². The molecule has 0 aliphatic carbocycles. The van der Waals surface area contributed by atoms with Crippen LogP contribution in [0.4, 0.5) is 5.13 Å². The molecule has 1 heterocycles. The van der Waals surface area contributed by atoms with Gasteiger partial charge in [-0.25, -0.2) is 9.78 Å². The van der Waals surface area contributed by atoms with E-state index >= 15 is 0 Å². The quantitative estimate of drug-likeness (QED) is 0.648. The van der Waals surface area contributed by atoms with Gasteiger partial charge in [0.1, 0.15) is 0 Å². The Morgan fingerprint density at radius 1 is 1.12 bits per heavy atom. The van der Waals surface area contributed by atoms with Crippen LogP contribution in [0.1, 0.15) is 17.3 Å². The molecular weight excluding hydrogens is 372 g/mol. The number of ether oxygens (including phenoxy) is 1. The molecular formula is C19H15ClN2O3S.